The number of nitrogens with two attached hydrogens (primary N) is 1. The van der Waals surface area contributed by atoms with Crippen molar-refractivity contribution < 1.29 is 26.9 Å². The molecular formula is C27H29N3O6S. The van der Waals surface area contributed by atoms with E-state index in [1.54, 1.807) is 52.5 Å². The molecule has 4 rings (SSSR count). The summed E-state index contributed by atoms with van der Waals surface area (Å²) in [5, 5.41) is 0. The van der Waals surface area contributed by atoms with Gasteiger partial charge in [0.25, 0.3) is 5.91 Å². The Morgan fingerprint density at radius 3 is 2.24 bits per heavy atom. The van der Waals surface area contributed by atoms with Crippen LogP contribution < -0.4 is 19.4 Å². The molecule has 10 heteroatoms. The minimum absolute atomic E-state index is 0.0696. The van der Waals surface area contributed by atoms with Crippen molar-refractivity contribution in [3.05, 3.63) is 77.9 Å². The summed E-state index contributed by atoms with van der Waals surface area (Å²) in [5.41, 5.74) is 7.30. The van der Waals surface area contributed by atoms with Crippen molar-refractivity contribution in [1.29, 1.82) is 0 Å². The lowest BCUT2D eigenvalue weighted by molar-refractivity contribution is -0.129. The predicted octanol–water partition coefficient (Wildman–Crippen LogP) is 3.52. The summed E-state index contributed by atoms with van der Waals surface area (Å²) in [7, 11) is 1.03. The van der Waals surface area contributed by atoms with Crippen molar-refractivity contribution in [1.82, 2.24) is 4.90 Å². The molecule has 9 nitrogen and oxygen atoms in total. The van der Waals surface area contributed by atoms with Crippen LogP contribution in [0.25, 0.3) is 11.1 Å². The number of ether oxygens (including phenoxy) is 2. The van der Waals surface area contributed by atoms with Crippen LogP contribution >= 0.6 is 0 Å². The van der Waals surface area contributed by atoms with Crippen LogP contribution in [0.2, 0.25) is 0 Å². The van der Waals surface area contributed by atoms with E-state index in [1.807, 2.05) is 30.3 Å². The molecule has 1 atom stereocenters. The van der Waals surface area contributed by atoms with Crippen LogP contribution in [0.3, 0.4) is 0 Å². The van der Waals surface area contributed by atoms with E-state index >= 15 is 0 Å². The van der Waals surface area contributed by atoms with Gasteiger partial charge in [-0.25, -0.2) is 4.99 Å². The molecule has 0 aliphatic carbocycles. The Morgan fingerprint density at radius 1 is 0.946 bits per heavy atom. The third-order valence-electron chi connectivity index (χ3n) is 6.19. The monoisotopic (exact) mass is 523 g/mol. The maximum atomic E-state index is 13.7. The molecule has 1 heterocycles. The zero-order valence-corrected chi connectivity index (χ0v) is 21.9. The number of carbonyl (C=O) groups is 1. The number of methoxy groups -OCH3 is 2. The van der Waals surface area contributed by atoms with Gasteiger partial charge >= 0.3 is 10.1 Å². The highest BCUT2D eigenvalue weighted by Crippen LogP contribution is 2.42. The molecule has 1 unspecified atom stereocenters. The number of carbonyl (C=O) groups excluding carboxylic acids is 1. The minimum atomic E-state index is -3.71. The highest BCUT2D eigenvalue weighted by atomic mass is 32.2. The third-order valence-corrected chi connectivity index (χ3v) is 7.54. The van der Waals surface area contributed by atoms with E-state index in [1.165, 1.54) is 17.0 Å². The number of benzene rings is 3. The summed E-state index contributed by atoms with van der Waals surface area (Å²) < 4.78 is 40.3. The molecule has 0 bridgehead atoms. The third kappa shape index (κ3) is 4.84. The second kappa shape index (κ2) is 10.1. The van der Waals surface area contributed by atoms with Crippen molar-refractivity contribution >= 4 is 22.0 Å². The van der Waals surface area contributed by atoms with Gasteiger partial charge in [0.15, 0.2) is 11.5 Å². The lowest BCUT2D eigenvalue weighted by Crippen LogP contribution is -2.41. The molecular weight excluding hydrogens is 494 g/mol. The van der Waals surface area contributed by atoms with E-state index in [0.29, 0.717) is 29.0 Å². The van der Waals surface area contributed by atoms with Gasteiger partial charge in [-0.15, -0.1) is 0 Å². The van der Waals surface area contributed by atoms with Crippen LogP contribution in [0.1, 0.15) is 24.5 Å². The molecule has 37 heavy (non-hydrogen) atoms. The van der Waals surface area contributed by atoms with Gasteiger partial charge < -0.3 is 19.4 Å². The van der Waals surface area contributed by atoms with E-state index in [2.05, 4.69) is 4.99 Å². The van der Waals surface area contributed by atoms with Crippen molar-refractivity contribution in [2.24, 2.45) is 10.7 Å². The van der Waals surface area contributed by atoms with Crippen molar-refractivity contribution in [2.75, 3.05) is 27.0 Å². The van der Waals surface area contributed by atoms with Crippen LogP contribution in [0.5, 0.6) is 17.2 Å². The first kappa shape index (κ1) is 26.0. The number of likely N-dealkylation sites (N-methyl/N-ethyl adjacent to an activating group) is 1. The number of guanidine groups is 1. The normalized spacial score (nSPS) is 17.5. The Hall–Kier alpha value is -4.05. The van der Waals surface area contributed by atoms with Gasteiger partial charge in [-0.1, -0.05) is 37.3 Å². The lowest BCUT2D eigenvalue weighted by atomic mass is 9.81. The van der Waals surface area contributed by atoms with E-state index in [0.717, 1.165) is 11.1 Å². The summed E-state index contributed by atoms with van der Waals surface area (Å²) in [6, 6.07) is 19.2. The molecule has 194 valence electrons. The number of aliphatic imine (C=N–C) groups is 1. The average molecular weight is 524 g/mol. The molecule has 1 aliphatic rings. The molecule has 3 aromatic rings. The second-order valence-corrected chi connectivity index (χ2v) is 10.3. The predicted molar refractivity (Wildman–Crippen MR) is 141 cm³/mol. The lowest BCUT2D eigenvalue weighted by Gasteiger charge is -2.27. The molecule has 0 spiro atoms. The van der Waals surface area contributed by atoms with E-state index in [4.69, 9.17) is 19.4 Å². The van der Waals surface area contributed by atoms with Gasteiger partial charge in [0.2, 0.25) is 0 Å². The highest BCUT2D eigenvalue weighted by Gasteiger charge is 2.49. The zero-order valence-electron chi connectivity index (χ0n) is 21.1. The number of hydrogen-bond acceptors (Lipinski definition) is 8. The molecule has 0 aromatic heterocycles. The largest absolute Gasteiger partial charge is 0.497 e. The van der Waals surface area contributed by atoms with Crippen molar-refractivity contribution in [3.8, 4) is 28.4 Å². The Kier molecular flexibility index (Phi) is 7.13. The maximum Gasteiger partial charge on any atom is 0.309 e. The summed E-state index contributed by atoms with van der Waals surface area (Å²) >= 11 is 0. The zero-order chi connectivity index (χ0) is 26.8. The average Bonchev–Trinajstić information content (AvgIpc) is 3.13. The van der Waals surface area contributed by atoms with E-state index < -0.39 is 15.7 Å². The summed E-state index contributed by atoms with van der Waals surface area (Å²) in [5.74, 6) is 1.08. The first-order valence-electron chi connectivity index (χ1n) is 11.6. The Morgan fingerprint density at radius 2 is 1.65 bits per heavy atom. The molecule has 1 amide bonds. The van der Waals surface area contributed by atoms with Gasteiger partial charge in [0.1, 0.15) is 17.2 Å². The number of nitrogens with zero attached hydrogens (tertiary/aromatic N) is 2. The van der Waals surface area contributed by atoms with E-state index in [-0.39, 0.29) is 23.4 Å². The minimum Gasteiger partial charge on any atom is -0.497 e. The fourth-order valence-corrected chi connectivity index (χ4v) is 5.31. The topological polar surface area (TPSA) is 121 Å². The van der Waals surface area contributed by atoms with Gasteiger partial charge in [0, 0.05) is 12.6 Å². The summed E-state index contributed by atoms with van der Waals surface area (Å²) in [6.45, 7) is 1.76. The van der Waals surface area contributed by atoms with Crippen LogP contribution in [-0.2, 0) is 20.5 Å². The summed E-state index contributed by atoms with van der Waals surface area (Å²) in [6.07, 6.45) is 0.437. The standard InChI is InChI=1S/C27H29N3O6S/c1-5-15-37(32,33)36-21-11-9-19(10-12-21)27(25(31)30(2)26(28)29-27)20-8-6-7-18(16-20)23-17-22(34-3)13-14-24(23)35-4/h6-14,16-17H,5,15H2,1-4H3,(H2,28,29). The molecule has 2 N–H and O–H groups in total. The molecule has 0 fully saturated rings. The van der Waals surface area contributed by atoms with Crippen molar-refractivity contribution in [3.63, 3.8) is 0 Å². The number of amides is 1. The SMILES string of the molecule is CCCS(=O)(=O)Oc1ccc(C2(c3cccc(-c4cc(OC)ccc4OC)c3)N=C(N)N(C)C2=O)cc1. The Bertz CT molecular complexity index is 1450. The van der Waals surface area contributed by atoms with Crippen LogP contribution in [0.15, 0.2) is 71.7 Å². The molecule has 0 radical (unpaired) electrons. The van der Waals surface area contributed by atoms with Crippen molar-refractivity contribution in [2.45, 2.75) is 18.9 Å². The molecule has 3 aromatic carbocycles. The summed E-state index contributed by atoms with van der Waals surface area (Å²) in [4.78, 5) is 19.6. The fourth-order valence-electron chi connectivity index (χ4n) is 4.33. The van der Waals surface area contributed by atoms with Crippen LogP contribution in [0, 0.1) is 0 Å². The maximum absolute atomic E-state index is 13.7. The molecule has 1 aliphatic heterocycles. The number of hydrogen-bond donors (Lipinski definition) is 1. The van der Waals surface area contributed by atoms with Crippen LogP contribution in [0.4, 0.5) is 0 Å². The Balaban J connectivity index is 1.84. The number of rotatable bonds is 9. The highest BCUT2D eigenvalue weighted by molar-refractivity contribution is 7.87. The van der Waals surface area contributed by atoms with Gasteiger partial charge in [-0.2, -0.15) is 8.42 Å². The molecule has 0 saturated carbocycles. The van der Waals surface area contributed by atoms with E-state index in [9.17, 15) is 13.2 Å². The second-order valence-electron chi connectivity index (χ2n) is 8.56. The Labute approximate surface area is 216 Å². The van der Waals surface area contributed by atoms with Gasteiger partial charge in [0.05, 0.1) is 20.0 Å². The fraction of sp³-hybridized carbons (Fsp3) is 0.259. The van der Waals surface area contributed by atoms with Crippen LogP contribution in [-0.4, -0.2) is 52.2 Å². The first-order valence-corrected chi connectivity index (χ1v) is 13.2. The smallest absolute Gasteiger partial charge is 0.309 e. The quantitative estimate of drug-likeness (QED) is 0.426. The van der Waals surface area contributed by atoms with Gasteiger partial charge in [-0.3, -0.25) is 9.69 Å². The molecule has 0 saturated heterocycles. The first-order chi connectivity index (χ1) is 17.6. The van der Waals surface area contributed by atoms with Gasteiger partial charge in [-0.05, 0) is 59.5 Å².